The van der Waals surface area contributed by atoms with Gasteiger partial charge in [-0.1, -0.05) is 0 Å². The van der Waals surface area contributed by atoms with E-state index in [0.29, 0.717) is 6.54 Å². The van der Waals surface area contributed by atoms with E-state index in [0.717, 1.165) is 24.3 Å². The molecule has 16 heavy (non-hydrogen) atoms. The molecule has 0 aromatic carbocycles. The first-order valence-electron chi connectivity index (χ1n) is 4.98. The second kappa shape index (κ2) is 5.95. The van der Waals surface area contributed by atoms with E-state index in [1.54, 1.807) is 11.7 Å². The molecule has 0 aliphatic carbocycles. The van der Waals surface area contributed by atoms with Crippen molar-refractivity contribution in [2.45, 2.75) is 23.8 Å². The summed E-state index contributed by atoms with van der Waals surface area (Å²) >= 11 is 1.40. The van der Waals surface area contributed by atoms with E-state index >= 15 is 0 Å². The molecule has 1 aromatic heterocycles. The number of sulfone groups is 1. The number of piperidine rings is 1. The Labute approximate surface area is 106 Å². The lowest BCUT2D eigenvalue weighted by molar-refractivity contribution is 0.496. The summed E-state index contributed by atoms with van der Waals surface area (Å²) < 4.78 is 24.0. The minimum Gasteiger partial charge on any atom is -0.315 e. The van der Waals surface area contributed by atoms with Crippen molar-refractivity contribution in [2.75, 3.05) is 13.1 Å². The largest absolute Gasteiger partial charge is 0.315 e. The molecule has 1 fully saturated rings. The van der Waals surface area contributed by atoms with E-state index in [2.05, 4.69) is 10.3 Å². The smallest absolute Gasteiger partial charge is 0.159 e. The number of rotatable bonds is 3. The lowest BCUT2D eigenvalue weighted by Crippen LogP contribution is -2.39. The average Bonchev–Trinajstić information content (AvgIpc) is 2.71. The quantitative estimate of drug-likeness (QED) is 0.906. The van der Waals surface area contributed by atoms with E-state index in [4.69, 9.17) is 0 Å². The molecule has 1 unspecified atom stereocenters. The maximum absolute atomic E-state index is 12.0. The van der Waals surface area contributed by atoms with Crippen molar-refractivity contribution in [3.8, 4) is 0 Å². The van der Waals surface area contributed by atoms with E-state index in [1.807, 2.05) is 0 Å². The maximum Gasteiger partial charge on any atom is 0.159 e. The molecule has 7 heteroatoms. The summed E-state index contributed by atoms with van der Waals surface area (Å²) in [6.45, 7) is 1.54. The number of nitrogens with one attached hydrogen (secondary N) is 1. The lowest BCUT2D eigenvalue weighted by Gasteiger charge is -2.22. The number of hydrogen-bond donors (Lipinski definition) is 1. The summed E-state index contributed by atoms with van der Waals surface area (Å²) in [4.78, 5) is 4.72. The third-order valence-electron chi connectivity index (χ3n) is 2.59. The summed E-state index contributed by atoms with van der Waals surface area (Å²) in [6.07, 6.45) is 3.37. The SMILES string of the molecule is Cl.O=S(=O)(Cc1cncs1)C1CCCNC1. The fourth-order valence-corrected chi connectivity index (χ4v) is 4.50. The predicted octanol–water partition coefficient (Wildman–Crippen LogP) is 1.23. The van der Waals surface area contributed by atoms with Crippen LogP contribution in [0.4, 0.5) is 0 Å². The Morgan fingerprint density at radius 1 is 1.56 bits per heavy atom. The van der Waals surface area contributed by atoms with Crippen LogP contribution in [0.1, 0.15) is 17.7 Å². The first kappa shape index (κ1) is 13.9. The third kappa shape index (κ3) is 3.41. The molecular formula is C9H15ClN2O2S2. The van der Waals surface area contributed by atoms with Gasteiger partial charge >= 0.3 is 0 Å². The molecule has 1 aliphatic heterocycles. The van der Waals surface area contributed by atoms with Gasteiger partial charge < -0.3 is 5.32 Å². The molecule has 1 atom stereocenters. The van der Waals surface area contributed by atoms with Crippen LogP contribution in [0.3, 0.4) is 0 Å². The summed E-state index contributed by atoms with van der Waals surface area (Å²) in [5.74, 6) is 0.143. The summed E-state index contributed by atoms with van der Waals surface area (Å²) in [7, 11) is -3.00. The number of hydrogen-bond acceptors (Lipinski definition) is 5. The molecule has 1 saturated heterocycles. The van der Waals surface area contributed by atoms with Crippen molar-refractivity contribution in [1.82, 2.24) is 10.3 Å². The number of aromatic nitrogens is 1. The zero-order valence-corrected chi connectivity index (χ0v) is 11.2. The van der Waals surface area contributed by atoms with Gasteiger partial charge in [-0.3, -0.25) is 4.98 Å². The van der Waals surface area contributed by atoms with Gasteiger partial charge in [0, 0.05) is 17.6 Å². The number of halogens is 1. The van der Waals surface area contributed by atoms with E-state index in [1.165, 1.54) is 11.3 Å². The topological polar surface area (TPSA) is 59.1 Å². The summed E-state index contributed by atoms with van der Waals surface area (Å²) in [6, 6.07) is 0. The van der Waals surface area contributed by atoms with Crippen LogP contribution in [0.15, 0.2) is 11.7 Å². The Morgan fingerprint density at radius 2 is 2.38 bits per heavy atom. The fraction of sp³-hybridized carbons (Fsp3) is 0.667. The van der Waals surface area contributed by atoms with E-state index in [-0.39, 0.29) is 23.4 Å². The van der Waals surface area contributed by atoms with Gasteiger partial charge in [-0.05, 0) is 19.4 Å². The standard InChI is InChI=1S/C9H14N2O2S2.ClH/c12-15(13,6-8-4-11-7-14-8)9-2-1-3-10-5-9;/h4,7,9-10H,1-3,5-6H2;1H. The Bertz CT molecular complexity index is 399. The lowest BCUT2D eigenvalue weighted by atomic mass is 10.2. The van der Waals surface area contributed by atoms with Crippen molar-refractivity contribution in [1.29, 1.82) is 0 Å². The average molecular weight is 283 g/mol. The predicted molar refractivity (Wildman–Crippen MR) is 67.9 cm³/mol. The molecule has 0 saturated carbocycles. The van der Waals surface area contributed by atoms with Gasteiger partial charge in [0.25, 0.3) is 0 Å². The highest BCUT2D eigenvalue weighted by Gasteiger charge is 2.27. The molecule has 0 amide bonds. The third-order valence-corrected chi connectivity index (χ3v) is 5.68. The summed E-state index contributed by atoms with van der Waals surface area (Å²) in [5.41, 5.74) is 1.67. The molecule has 2 heterocycles. The normalized spacial score (nSPS) is 21.4. The molecule has 92 valence electrons. The summed E-state index contributed by atoms with van der Waals surface area (Å²) in [5, 5.41) is 2.91. The van der Waals surface area contributed by atoms with Crippen molar-refractivity contribution in [2.24, 2.45) is 0 Å². The maximum atomic E-state index is 12.0. The fourth-order valence-electron chi connectivity index (χ4n) is 1.76. The van der Waals surface area contributed by atoms with Gasteiger partial charge in [0.2, 0.25) is 0 Å². The van der Waals surface area contributed by atoms with Gasteiger partial charge in [-0.25, -0.2) is 8.42 Å². The van der Waals surface area contributed by atoms with Crippen LogP contribution in [0.25, 0.3) is 0 Å². The molecule has 4 nitrogen and oxygen atoms in total. The van der Waals surface area contributed by atoms with Crippen molar-refractivity contribution in [3.63, 3.8) is 0 Å². The molecule has 1 N–H and O–H groups in total. The van der Waals surface area contributed by atoms with Gasteiger partial charge in [0.05, 0.1) is 16.5 Å². The monoisotopic (exact) mass is 282 g/mol. The Balaban J connectivity index is 0.00000128. The van der Waals surface area contributed by atoms with E-state index < -0.39 is 9.84 Å². The van der Waals surface area contributed by atoms with Crippen LogP contribution < -0.4 is 5.32 Å². The molecular weight excluding hydrogens is 268 g/mol. The van der Waals surface area contributed by atoms with Crippen LogP contribution in [0, 0.1) is 0 Å². The van der Waals surface area contributed by atoms with Gasteiger partial charge in [-0.2, -0.15) is 0 Å². The van der Waals surface area contributed by atoms with Crippen molar-refractivity contribution >= 4 is 33.6 Å². The Kier molecular flexibility index (Phi) is 5.17. The molecule has 2 rings (SSSR count). The van der Waals surface area contributed by atoms with Crippen molar-refractivity contribution < 1.29 is 8.42 Å². The molecule has 1 aromatic rings. The second-order valence-corrected chi connectivity index (χ2v) is 7.00. The van der Waals surface area contributed by atoms with Crippen LogP contribution >= 0.6 is 23.7 Å². The van der Waals surface area contributed by atoms with Crippen LogP contribution in [0.5, 0.6) is 0 Å². The van der Waals surface area contributed by atoms with Crippen LogP contribution in [-0.2, 0) is 15.6 Å². The molecule has 1 aliphatic rings. The first-order valence-corrected chi connectivity index (χ1v) is 7.57. The number of thiazole rings is 1. The highest BCUT2D eigenvalue weighted by molar-refractivity contribution is 7.91. The Hall–Kier alpha value is -0.170. The van der Waals surface area contributed by atoms with E-state index in [9.17, 15) is 8.42 Å². The highest BCUT2D eigenvalue weighted by Crippen LogP contribution is 2.18. The minimum atomic E-state index is -3.00. The molecule has 0 bridgehead atoms. The Morgan fingerprint density at radius 3 is 2.94 bits per heavy atom. The number of nitrogens with zero attached hydrogens (tertiary/aromatic N) is 1. The molecule has 0 spiro atoms. The van der Waals surface area contributed by atoms with Gasteiger partial charge in [0.1, 0.15) is 0 Å². The molecule has 0 radical (unpaired) electrons. The zero-order chi connectivity index (χ0) is 10.7. The van der Waals surface area contributed by atoms with Crippen LogP contribution in [0.2, 0.25) is 0 Å². The van der Waals surface area contributed by atoms with Gasteiger partial charge in [-0.15, -0.1) is 23.7 Å². The van der Waals surface area contributed by atoms with Crippen LogP contribution in [-0.4, -0.2) is 31.7 Å². The second-order valence-electron chi connectivity index (χ2n) is 3.74. The van der Waals surface area contributed by atoms with Gasteiger partial charge in [0.15, 0.2) is 9.84 Å². The van der Waals surface area contributed by atoms with Crippen molar-refractivity contribution in [3.05, 3.63) is 16.6 Å². The first-order chi connectivity index (χ1) is 7.18. The minimum absolute atomic E-state index is 0. The zero-order valence-electron chi connectivity index (χ0n) is 8.76. The highest BCUT2D eigenvalue weighted by atomic mass is 35.5.